The molecule has 0 aliphatic heterocycles. The summed E-state index contributed by atoms with van der Waals surface area (Å²) in [5.41, 5.74) is -0.741. The Labute approximate surface area is 125 Å². The standard InChI is InChI=1S/C13H14BrN3O3/c1-13(2,11(18)19)17(3)12(20)16-10-5-4-9(14)6-8(10)7-15/h4-6H,1-3H3,(H,16,20)(H,18,19). The number of carbonyl (C=O) groups is 2. The molecular weight excluding hydrogens is 326 g/mol. The van der Waals surface area contributed by atoms with Gasteiger partial charge in [-0.25, -0.2) is 9.59 Å². The molecule has 1 aromatic carbocycles. The average Bonchev–Trinajstić information content (AvgIpc) is 2.39. The number of hydrogen-bond donors (Lipinski definition) is 2. The molecule has 6 nitrogen and oxygen atoms in total. The Morgan fingerprint density at radius 2 is 2.05 bits per heavy atom. The van der Waals surface area contributed by atoms with Crippen LogP contribution < -0.4 is 5.32 Å². The van der Waals surface area contributed by atoms with Crippen molar-refractivity contribution in [2.24, 2.45) is 0 Å². The summed E-state index contributed by atoms with van der Waals surface area (Å²) in [4.78, 5) is 24.2. The number of rotatable bonds is 3. The second-order valence-electron chi connectivity index (χ2n) is 4.66. The number of halogens is 1. The van der Waals surface area contributed by atoms with Gasteiger partial charge in [0.25, 0.3) is 0 Å². The fourth-order valence-corrected chi connectivity index (χ4v) is 1.68. The number of aliphatic carboxylic acids is 1. The van der Waals surface area contributed by atoms with Gasteiger partial charge in [0.2, 0.25) is 0 Å². The van der Waals surface area contributed by atoms with E-state index in [1.54, 1.807) is 18.2 Å². The lowest BCUT2D eigenvalue weighted by Crippen LogP contribution is -2.52. The van der Waals surface area contributed by atoms with Crippen molar-refractivity contribution in [3.8, 4) is 6.07 Å². The van der Waals surface area contributed by atoms with Gasteiger partial charge in [-0.1, -0.05) is 15.9 Å². The summed E-state index contributed by atoms with van der Waals surface area (Å²) >= 11 is 3.23. The Balaban J connectivity index is 2.98. The molecule has 2 amide bonds. The van der Waals surface area contributed by atoms with E-state index in [1.165, 1.54) is 20.9 Å². The van der Waals surface area contributed by atoms with Gasteiger partial charge in [0, 0.05) is 11.5 Å². The van der Waals surface area contributed by atoms with Crippen molar-refractivity contribution < 1.29 is 14.7 Å². The van der Waals surface area contributed by atoms with Crippen LogP contribution in [0.5, 0.6) is 0 Å². The number of carboxylic acids is 1. The number of urea groups is 1. The highest BCUT2D eigenvalue weighted by atomic mass is 79.9. The minimum Gasteiger partial charge on any atom is -0.480 e. The summed E-state index contributed by atoms with van der Waals surface area (Å²) in [6, 6.07) is 6.18. The molecule has 0 heterocycles. The lowest BCUT2D eigenvalue weighted by atomic mass is 10.0. The third kappa shape index (κ3) is 3.27. The molecule has 7 heteroatoms. The van der Waals surface area contributed by atoms with Crippen LogP contribution in [0.4, 0.5) is 10.5 Å². The van der Waals surface area contributed by atoms with Crippen molar-refractivity contribution in [3.63, 3.8) is 0 Å². The summed E-state index contributed by atoms with van der Waals surface area (Å²) in [6.45, 7) is 2.84. The van der Waals surface area contributed by atoms with Crippen LogP contribution >= 0.6 is 15.9 Å². The number of anilines is 1. The largest absolute Gasteiger partial charge is 0.480 e. The Morgan fingerprint density at radius 3 is 2.55 bits per heavy atom. The average molecular weight is 340 g/mol. The number of amides is 2. The van der Waals surface area contributed by atoms with Crippen molar-refractivity contribution >= 4 is 33.6 Å². The van der Waals surface area contributed by atoms with E-state index >= 15 is 0 Å². The van der Waals surface area contributed by atoms with Crippen LogP contribution in [0.1, 0.15) is 19.4 Å². The molecule has 0 unspecified atom stereocenters. The van der Waals surface area contributed by atoms with Crippen molar-refractivity contribution in [2.75, 3.05) is 12.4 Å². The highest BCUT2D eigenvalue weighted by Gasteiger charge is 2.35. The van der Waals surface area contributed by atoms with Gasteiger partial charge in [0.05, 0.1) is 11.3 Å². The number of nitrogens with one attached hydrogen (secondary N) is 1. The minimum absolute atomic E-state index is 0.286. The van der Waals surface area contributed by atoms with Crippen LogP contribution in [0.25, 0.3) is 0 Å². The molecule has 106 valence electrons. The molecule has 0 bridgehead atoms. The molecule has 0 spiro atoms. The number of benzene rings is 1. The molecule has 0 saturated heterocycles. The first-order chi connectivity index (χ1) is 9.20. The van der Waals surface area contributed by atoms with Gasteiger partial charge < -0.3 is 15.3 Å². The highest BCUT2D eigenvalue weighted by Crippen LogP contribution is 2.21. The van der Waals surface area contributed by atoms with E-state index in [-0.39, 0.29) is 5.56 Å². The van der Waals surface area contributed by atoms with Crippen LogP contribution in [-0.2, 0) is 4.79 Å². The first-order valence-electron chi connectivity index (χ1n) is 5.68. The zero-order valence-electron chi connectivity index (χ0n) is 11.3. The molecule has 0 aliphatic carbocycles. The van der Waals surface area contributed by atoms with Gasteiger partial charge in [0.1, 0.15) is 11.6 Å². The fourth-order valence-electron chi connectivity index (χ4n) is 1.31. The van der Waals surface area contributed by atoms with Gasteiger partial charge in [0.15, 0.2) is 0 Å². The summed E-state index contributed by atoms with van der Waals surface area (Å²) in [5, 5.41) is 20.6. The molecule has 1 rings (SSSR count). The monoisotopic (exact) mass is 339 g/mol. The van der Waals surface area contributed by atoms with Crippen molar-refractivity contribution in [3.05, 3.63) is 28.2 Å². The van der Waals surface area contributed by atoms with E-state index in [1.807, 2.05) is 6.07 Å². The van der Waals surface area contributed by atoms with Gasteiger partial charge in [-0.3, -0.25) is 0 Å². The molecule has 0 atom stereocenters. The molecule has 0 saturated carbocycles. The molecule has 0 radical (unpaired) electrons. The quantitative estimate of drug-likeness (QED) is 0.885. The number of carboxylic acid groups (broad SMARTS) is 1. The normalized spacial score (nSPS) is 10.6. The molecule has 0 aromatic heterocycles. The molecule has 1 aromatic rings. The van der Waals surface area contributed by atoms with E-state index in [9.17, 15) is 9.59 Å². The lowest BCUT2D eigenvalue weighted by molar-refractivity contribution is -0.146. The molecule has 0 aliphatic rings. The molecule has 2 N–H and O–H groups in total. The summed E-state index contributed by atoms with van der Waals surface area (Å²) < 4.78 is 0.714. The van der Waals surface area contributed by atoms with Gasteiger partial charge in [-0.05, 0) is 32.0 Å². The maximum atomic E-state index is 12.0. The van der Waals surface area contributed by atoms with Crippen molar-refractivity contribution in [1.82, 2.24) is 4.90 Å². The zero-order valence-corrected chi connectivity index (χ0v) is 12.9. The number of likely N-dealkylation sites (N-methyl/N-ethyl adjacent to an activating group) is 1. The van der Waals surface area contributed by atoms with Crippen LogP contribution in [-0.4, -0.2) is 34.6 Å². The smallest absolute Gasteiger partial charge is 0.329 e. The maximum absolute atomic E-state index is 12.0. The summed E-state index contributed by atoms with van der Waals surface area (Å²) in [7, 11) is 1.38. The van der Waals surface area contributed by atoms with Crippen LogP contribution in [0, 0.1) is 11.3 Å². The Kier molecular flexibility index (Phi) is 4.73. The minimum atomic E-state index is -1.35. The number of nitriles is 1. The molecule has 20 heavy (non-hydrogen) atoms. The van der Waals surface area contributed by atoms with Crippen LogP contribution in [0.2, 0.25) is 0 Å². The van der Waals surface area contributed by atoms with Crippen molar-refractivity contribution in [2.45, 2.75) is 19.4 Å². The van der Waals surface area contributed by atoms with E-state index in [2.05, 4.69) is 21.2 Å². The first kappa shape index (κ1) is 16.0. The topological polar surface area (TPSA) is 93.4 Å². The fraction of sp³-hybridized carbons (Fsp3) is 0.308. The summed E-state index contributed by atoms with van der Waals surface area (Å²) in [6.07, 6.45) is 0. The predicted molar refractivity (Wildman–Crippen MR) is 77.4 cm³/mol. The zero-order chi connectivity index (χ0) is 15.5. The summed E-state index contributed by atoms with van der Waals surface area (Å²) in [5.74, 6) is -1.12. The van der Waals surface area contributed by atoms with Crippen molar-refractivity contribution in [1.29, 1.82) is 5.26 Å². The Morgan fingerprint density at radius 1 is 1.45 bits per heavy atom. The second kappa shape index (κ2) is 5.92. The number of hydrogen-bond acceptors (Lipinski definition) is 3. The molecule has 0 fully saturated rings. The third-order valence-corrected chi connectivity index (χ3v) is 3.50. The van der Waals surface area contributed by atoms with E-state index in [4.69, 9.17) is 10.4 Å². The van der Waals surface area contributed by atoms with Gasteiger partial charge >= 0.3 is 12.0 Å². The number of carbonyl (C=O) groups excluding carboxylic acids is 1. The van der Waals surface area contributed by atoms with Gasteiger partial charge in [-0.15, -0.1) is 0 Å². The van der Waals surface area contributed by atoms with E-state index in [0.29, 0.717) is 10.2 Å². The lowest BCUT2D eigenvalue weighted by Gasteiger charge is -2.31. The van der Waals surface area contributed by atoms with E-state index in [0.717, 1.165) is 4.90 Å². The maximum Gasteiger partial charge on any atom is 0.329 e. The van der Waals surface area contributed by atoms with E-state index < -0.39 is 17.5 Å². The first-order valence-corrected chi connectivity index (χ1v) is 6.47. The Bertz CT molecular complexity index is 593. The third-order valence-electron chi connectivity index (χ3n) is 3.01. The SMILES string of the molecule is CN(C(=O)Nc1ccc(Br)cc1C#N)C(C)(C)C(=O)O. The molecular formula is C13H14BrN3O3. The predicted octanol–water partition coefficient (Wildman–Crippen LogP) is 2.65. The second-order valence-corrected chi connectivity index (χ2v) is 5.57. The van der Waals surface area contributed by atoms with Crippen LogP contribution in [0.15, 0.2) is 22.7 Å². The van der Waals surface area contributed by atoms with Gasteiger partial charge in [-0.2, -0.15) is 5.26 Å². The highest BCUT2D eigenvalue weighted by molar-refractivity contribution is 9.10. The van der Waals surface area contributed by atoms with Crippen LogP contribution in [0.3, 0.4) is 0 Å². The number of nitrogens with zero attached hydrogens (tertiary/aromatic N) is 2. The Hall–Kier alpha value is -2.07.